The Morgan fingerprint density at radius 1 is 1.28 bits per heavy atom. The third-order valence-corrected chi connectivity index (χ3v) is 4.50. The summed E-state index contributed by atoms with van der Waals surface area (Å²) >= 11 is 0. The molecule has 1 amide bonds. The molecule has 0 aromatic heterocycles. The molecule has 1 aliphatic rings. The van der Waals surface area contributed by atoms with Gasteiger partial charge in [-0.05, 0) is 48.2 Å². The van der Waals surface area contributed by atoms with Crippen LogP contribution in [-0.4, -0.2) is 35.1 Å². The molecule has 0 spiro atoms. The molecule has 1 aliphatic heterocycles. The highest BCUT2D eigenvalue weighted by molar-refractivity contribution is 5.94. The van der Waals surface area contributed by atoms with Gasteiger partial charge in [0.1, 0.15) is 5.82 Å². The van der Waals surface area contributed by atoms with Gasteiger partial charge in [-0.25, -0.2) is 4.39 Å². The smallest absolute Gasteiger partial charge is 0.251 e. The van der Waals surface area contributed by atoms with Gasteiger partial charge in [0.2, 0.25) is 0 Å². The second-order valence-corrected chi connectivity index (χ2v) is 6.65. The van der Waals surface area contributed by atoms with Crippen molar-refractivity contribution in [2.45, 2.75) is 32.5 Å². The number of carbonyl (C=O) groups is 1. The molecule has 0 bridgehead atoms. The zero-order valence-corrected chi connectivity index (χ0v) is 14.3. The Bertz CT molecular complexity index is 743. The number of aliphatic hydroxyl groups is 1. The van der Waals surface area contributed by atoms with Crippen LogP contribution in [-0.2, 0) is 13.1 Å². The second kappa shape index (κ2) is 7.76. The number of rotatable bonds is 5. The minimum absolute atomic E-state index is 0.247. The molecule has 1 atom stereocenters. The van der Waals surface area contributed by atoms with Crippen LogP contribution in [0.4, 0.5) is 4.39 Å². The molecule has 1 heterocycles. The van der Waals surface area contributed by atoms with Crippen molar-refractivity contribution in [1.82, 2.24) is 10.2 Å². The van der Waals surface area contributed by atoms with E-state index in [9.17, 15) is 14.3 Å². The summed E-state index contributed by atoms with van der Waals surface area (Å²) in [6.07, 6.45) is 0.556. The molecule has 0 saturated carbocycles. The molecule has 0 radical (unpaired) electrons. The second-order valence-electron chi connectivity index (χ2n) is 6.65. The average molecular weight is 342 g/mol. The van der Waals surface area contributed by atoms with Crippen molar-refractivity contribution in [3.63, 3.8) is 0 Å². The molecule has 25 heavy (non-hydrogen) atoms. The Labute approximate surface area is 147 Å². The van der Waals surface area contributed by atoms with Crippen molar-refractivity contribution in [3.05, 3.63) is 70.5 Å². The normalized spacial score (nSPS) is 17.6. The van der Waals surface area contributed by atoms with Gasteiger partial charge in [-0.3, -0.25) is 9.69 Å². The average Bonchev–Trinajstić information content (AvgIpc) is 2.98. The van der Waals surface area contributed by atoms with E-state index in [2.05, 4.69) is 10.2 Å². The number of nitrogens with one attached hydrogen (secondary N) is 1. The summed E-state index contributed by atoms with van der Waals surface area (Å²) in [6, 6.07) is 12.3. The van der Waals surface area contributed by atoms with Crippen LogP contribution in [0.2, 0.25) is 0 Å². The van der Waals surface area contributed by atoms with E-state index in [0.717, 1.165) is 36.2 Å². The van der Waals surface area contributed by atoms with Gasteiger partial charge in [0.25, 0.3) is 5.91 Å². The molecule has 132 valence electrons. The van der Waals surface area contributed by atoms with Gasteiger partial charge in [-0.2, -0.15) is 0 Å². The lowest BCUT2D eigenvalue weighted by Crippen LogP contribution is -2.25. The maximum absolute atomic E-state index is 13.5. The topological polar surface area (TPSA) is 52.6 Å². The van der Waals surface area contributed by atoms with Gasteiger partial charge in [0.15, 0.2) is 0 Å². The zero-order chi connectivity index (χ0) is 17.8. The van der Waals surface area contributed by atoms with E-state index in [1.54, 1.807) is 13.0 Å². The summed E-state index contributed by atoms with van der Waals surface area (Å²) in [5, 5.41) is 12.5. The van der Waals surface area contributed by atoms with Gasteiger partial charge < -0.3 is 10.4 Å². The maximum atomic E-state index is 13.5. The molecule has 2 N–H and O–H groups in total. The highest BCUT2D eigenvalue weighted by Crippen LogP contribution is 2.17. The molecule has 4 nitrogen and oxygen atoms in total. The fourth-order valence-corrected chi connectivity index (χ4v) is 3.23. The number of β-amino-alcohol motifs (C(OH)–C–C–N with tert-alkyl or cyclic N) is 1. The number of carbonyl (C=O) groups excluding carboxylic acids is 1. The number of halogens is 1. The fourth-order valence-electron chi connectivity index (χ4n) is 3.23. The van der Waals surface area contributed by atoms with Gasteiger partial charge in [-0.15, -0.1) is 0 Å². The third kappa shape index (κ3) is 4.65. The van der Waals surface area contributed by atoms with Gasteiger partial charge in [0, 0.05) is 31.7 Å². The lowest BCUT2D eigenvalue weighted by molar-refractivity contribution is 0.0950. The van der Waals surface area contributed by atoms with E-state index in [1.807, 2.05) is 24.3 Å². The number of likely N-dealkylation sites (tertiary alicyclic amines) is 1. The van der Waals surface area contributed by atoms with Gasteiger partial charge in [-0.1, -0.05) is 24.3 Å². The van der Waals surface area contributed by atoms with Crippen LogP contribution in [0.3, 0.4) is 0 Å². The van der Waals surface area contributed by atoms with Crippen LogP contribution in [0, 0.1) is 12.7 Å². The first kappa shape index (κ1) is 17.6. The van der Waals surface area contributed by atoms with E-state index < -0.39 is 5.82 Å². The molecule has 2 aromatic rings. The van der Waals surface area contributed by atoms with Crippen LogP contribution < -0.4 is 5.32 Å². The Hall–Kier alpha value is -2.24. The van der Waals surface area contributed by atoms with Crippen LogP contribution in [0.25, 0.3) is 0 Å². The summed E-state index contributed by atoms with van der Waals surface area (Å²) in [7, 11) is 0. The van der Waals surface area contributed by atoms with Crippen molar-refractivity contribution in [2.24, 2.45) is 0 Å². The van der Waals surface area contributed by atoms with Crippen molar-refractivity contribution >= 4 is 5.91 Å². The lowest BCUT2D eigenvalue weighted by Gasteiger charge is -2.18. The molecule has 0 aliphatic carbocycles. The van der Waals surface area contributed by atoms with E-state index in [-0.39, 0.29) is 12.0 Å². The van der Waals surface area contributed by atoms with Crippen molar-refractivity contribution < 1.29 is 14.3 Å². The van der Waals surface area contributed by atoms with Crippen LogP contribution >= 0.6 is 0 Å². The van der Waals surface area contributed by atoms with Crippen molar-refractivity contribution in [1.29, 1.82) is 0 Å². The fraction of sp³-hybridized carbons (Fsp3) is 0.350. The van der Waals surface area contributed by atoms with E-state index in [1.165, 1.54) is 12.1 Å². The number of aliphatic hydroxyl groups excluding tert-OH is 1. The van der Waals surface area contributed by atoms with Crippen molar-refractivity contribution in [2.75, 3.05) is 13.1 Å². The standard InChI is InChI=1S/C20H23FN2O2/c1-14-8-17(10-18(21)9-14)20(25)22-11-15-4-2-3-5-16(15)12-23-7-6-19(24)13-23/h2-5,8-10,19,24H,6-7,11-13H2,1H3,(H,22,25). The first-order valence-corrected chi connectivity index (χ1v) is 8.54. The first-order chi connectivity index (χ1) is 12.0. The number of benzene rings is 2. The molecule has 2 aromatic carbocycles. The van der Waals surface area contributed by atoms with Gasteiger partial charge in [0.05, 0.1) is 6.10 Å². The summed E-state index contributed by atoms with van der Waals surface area (Å²) < 4.78 is 13.5. The minimum Gasteiger partial charge on any atom is -0.392 e. The third-order valence-electron chi connectivity index (χ3n) is 4.50. The summed E-state index contributed by atoms with van der Waals surface area (Å²) in [5.74, 6) is -0.688. The van der Waals surface area contributed by atoms with Crippen LogP contribution in [0.15, 0.2) is 42.5 Å². The largest absolute Gasteiger partial charge is 0.392 e. The Morgan fingerprint density at radius 2 is 2.04 bits per heavy atom. The Morgan fingerprint density at radius 3 is 2.72 bits per heavy atom. The molecular formula is C20H23FN2O2. The highest BCUT2D eigenvalue weighted by Gasteiger charge is 2.20. The van der Waals surface area contributed by atoms with Crippen molar-refractivity contribution in [3.8, 4) is 0 Å². The SMILES string of the molecule is Cc1cc(F)cc(C(=O)NCc2ccccc2CN2CCC(O)C2)c1. The molecular weight excluding hydrogens is 319 g/mol. The molecule has 3 rings (SSSR count). The minimum atomic E-state index is -0.404. The maximum Gasteiger partial charge on any atom is 0.251 e. The quantitative estimate of drug-likeness (QED) is 0.878. The first-order valence-electron chi connectivity index (χ1n) is 8.54. The Balaban J connectivity index is 1.65. The zero-order valence-electron chi connectivity index (χ0n) is 14.3. The van der Waals surface area contributed by atoms with E-state index >= 15 is 0 Å². The van der Waals surface area contributed by atoms with Crippen LogP contribution in [0.5, 0.6) is 0 Å². The lowest BCUT2D eigenvalue weighted by atomic mass is 10.1. The molecule has 1 saturated heterocycles. The summed E-state index contributed by atoms with van der Waals surface area (Å²) in [4.78, 5) is 14.5. The van der Waals surface area contributed by atoms with Gasteiger partial charge >= 0.3 is 0 Å². The number of hydrogen-bond donors (Lipinski definition) is 2. The molecule has 1 fully saturated rings. The highest BCUT2D eigenvalue weighted by atomic mass is 19.1. The number of nitrogens with zero attached hydrogens (tertiary/aromatic N) is 1. The summed E-state index contributed by atoms with van der Waals surface area (Å²) in [5.41, 5.74) is 3.22. The Kier molecular flexibility index (Phi) is 5.46. The molecule has 5 heteroatoms. The summed E-state index contributed by atoms with van der Waals surface area (Å²) in [6.45, 7) is 4.47. The predicted octanol–water partition coefficient (Wildman–Crippen LogP) is 2.63. The van der Waals surface area contributed by atoms with Crippen LogP contribution in [0.1, 0.15) is 33.5 Å². The number of aryl methyl sites for hydroxylation is 1. The number of hydrogen-bond acceptors (Lipinski definition) is 3. The monoisotopic (exact) mass is 342 g/mol. The van der Waals surface area contributed by atoms with E-state index in [0.29, 0.717) is 18.7 Å². The number of amides is 1. The molecule has 1 unspecified atom stereocenters. The van der Waals surface area contributed by atoms with E-state index in [4.69, 9.17) is 0 Å². The predicted molar refractivity (Wildman–Crippen MR) is 94.7 cm³/mol.